The van der Waals surface area contributed by atoms with E-state index < -0.39 is 0 Å². The summed E-state index contributed by atoms with van der Waals surface area (Å²) in [6.45, 7) is 8.92. The van der Waals surface area contributed by atoms with Crippen LogP contribution in [0.15, 0.2) is 12.7 Å². The van der Waals surface area contributed by atoms with E-state index >= 15 is 0 Å². The second kappa shape index (κ2) is 4.67. The van der Waals surface area contributed by atoms with Gasteiger partial charge in [0, 0.05) is 24.6 Å². The molecule has 86 valence electrons. The lowest BCUT2D eigenvalue weighted by Crippen LogP contribution is -2.35. The molecule has 0 aromatic carbocycles. The summed E-state index contributed by atoms with van der Waals surface area (Å²) in [5.41, 5.74) is 0.109. The number of hydrogen-bond donors (Lipinski definition) is 1. The van der Waals surface area contributed by atoms with Gasteiger partial charge >= 0.3 is 0 Å². The Hall–Kier alpha value is -0.340. The van der Waals surface area contributed by atoms with Crippen LogP contribution in [0.2, 0.25) is 0 Å². The molecule has 0 spiro atoms. The van der Waals surface area contributed by atoms with Crippen LogP contribution in [0.25, 0.3) is 0 Å². The Balaban J connectivity index is 1.64. The lowest BCUT2D eigenvalue weighted by molar-refractivity contribution is 0.0685. The first-order valence-electron chi connectivity index (χ1n) is 6.16. The van der Waals surface area contributed by atoms with Crippen molar-refractivity contribution in [1.29, 1.82) is 0 Å². The zero-order chi connectivity index (χ0) is 10.7. The summed E-state index contributed by atoms with van der Waals surface area (Å²) < 4.78 is 5.76. The van der Waals surface area contributed by atoms with Crippen molar-refractivity contribution in [3.63, 3.8) is 0 Å². The molecule has 0 saturated heterocycles. The van der Waals surface area contributed by atoms with E-state index in [1.165, 1.54) is 25.7 Å². The number of ether oxygens (including phenoxy) is 1. The van der Waals surface area contributed by atoms with Crippen molar-refractivity contribution in [2.24, 2.45) is 11.3 Å². The lowest BCUT2D eigenvalue weighted by atomic mass is 9.92. The highest BCUT2D eigenvalue weighted by Crippen LogP contribution is 2.30. The third-order valence-electron chi connectivity index (χ3n) is 3.35. The highest BCUT2D eigenvalue weighted by atomic mass is 16.5. The molecular formula is C13H23NO. The van der Waals surface area contributed by atoms with Crippen LogP contribution in [0, 0.1) is 11.3 Å². The monoisotopic (exact) mass is 209 g/mol. The molecule has 0 bridgehead atoms. The van der Waals surface area contributed by atoms with Crippen LogP contribution in [0.5, 0.6) is 0 Å². The molecule has 0 heterocycles. The molecule has 0 amide bonds. The summed E-state index contributed by atoms with van der Waals surface area (Å²) in [5.74, 6) is 0.857. The van der Waals surface area contributed by atoms with Gasteiger partial charge in [0.05, 0.1) is 6.61 Å². The van der Waals surface area contributed by atoms with Gasteiger partial charge in [-0.3, -0.25) is 0 Å². The van der Waals surface area contributed by atoms with Gasteiger partial charge in [-0.2, -0.15) is 0 Å². The first-order chi connectivity index (χ1) is 7.22. The molecule has 2 nitrogen and oxygen atoms in total. The quantitative estimate of drug-likeness (QED) is 0.620. The molecule has 2 saturated carbocycles. The topological polar surface area (TPSA) is 21.3 Å². The SMILES string of the molecule is C=CC(C)(CNC1CC1)COCC1CC1. The molecule has 1 unspecified atom stereocenters. The van der Waals surface area contributed by atoms with E-state index in [4.69, 9.17) is 4.74 Å². The fourth-order valence-electron chi connectivity index (χ4n) is 1.59. The van der Waals surface area contributed by atoms with Crippen LogP contribution in [0.3, 0.4) is 0 Å². The highest BCUT2D eigenvalue weighted by molar-refractivity contribution is 4.95. The molecule has 1 N–H and O–H groups in total. The maximum absolute atomic E-state index is 5.76. The standard InChI is InChI=1S/C13H23NO/c1-3-13(2,9-14-12-6-7-12)10-15-8-11-4-5-11/h3,11-12,14H,1,4-10H2,2H3. The molecule has 1 atom stereocenters. The molecule has 2 aliphatic rings. The third kappa shape index (κ3) is 3.96. The van der Waals surface area contributed by atoms with Crippen LogP contribution >= 0.6 is 0 Å². The zero-order valence-electron chi connectivity index (χ0n) is 9.80. The van der Waals surface area contributed by atoms with Crippen molar-refractivity contribution < 1.29 is 4.74 Å². The molecule has 0 aliphatic heterocycles. The van der Waals surface area contributed by atoms with Crippen LogP contribution in [-0.2, 0) is 4.74 Å². The second-order valence-electron chi connectivity index (χ2n) is 5.47. The van der Waals surface area contributed by atoms with Gasteiger partial charge in [0.25, 0.3) is 0 Å². The Morgan fingerprint density at radius 2 is 2.13 bits per heavy atom. The number of nitrogens with one attached hydrogen (secondary N) is 1. The predicted octanol–water partition coefficient (Wildman–Crippen LogP) is 2.36. The summed E-state index contributed by atoms with van der Waals surface area (Å²) in [4.78, 5) is 0. The maximum atomic E-state index is 5.76. The van der Waals surface area contributed by atoms with Crippen molar-refractivity contribution >= 4 is 0 Å². The summed E-state index contributed by atoms with van der Waals surface area (Å²) in [5, 5.41) is 3.55. The Morgan fingerprint density at radius 3 is 2.67 bits per heavy atom. The minimum atomic E-state index is 0.109. The van der Waals surface area contributed by atoms with Crippen LogP contribution in [-0.4, -0.2) is 25.8 Å². The van der Waals surface area contributed by atoms with E-state index in [2.05, 4.69) is 18.8 Å². The zero-order valence-corrected chi connectivity index (χ0v) is 9.80. The van der Waals surface area contributed by atoms with Crippen molar-refractivity contribution in [3.05, 3.63) is 12.7 Å². The van der Waals surface area contributed by atoms with Crippen LogP contribution in [0.1, 0.15) is 32.6 Å². The Bertz CT molecular complexity index is 221. The van der Waals surface area contributed by atoms with E-state index in [1.54, 1.807) is 0 Å². The molecule has 15 heavy (non-hydrogen) atoms. The van der Waals surface area contributed by atoms with Crippen LogP contribution < -0.4 is 5.32 Å². The largest absolute Gasteiger partial charge is 0.380 e. The number of hydrogen-bond acceptors (Lipinski definition) is 2. The Morgan fingerprint density at radius 1 is 1.40 bits per heavy atom. The minimum Gasteiger partial charge on any atom is -0.380 e. The van der Waals surface area contributed by atoms with Gasteiger partial charge in [-0.15, -0.1) is 6.58 Å². The summed E-state index contributed by atoms with van der Waals surface area (Å²) in [6, 6.07) is 0.771. The second-order valence-corrected chi connectivity index (χ2v) is 5.47. The Labute approximate surface area is 93.1 Å². The van der Waals surface area contributed by atoms with Gasteiger partial charge in [-0.05, 0) is 31.6 Å². The van der Waals surface area contributed by atoms with Gasteiger partial charge in [-0.25, -0.2) is 0 Å². The highest BCUT2D eigenvalue weighted by Gasteiger charge is 2.28. The molecule has 2 aliphatic carbocycles. The molecule has 2 rings (SSSR count). The number of rotatable bonds is 8. The predicted molar refractivity (Wildman–Crippen MR) is 62.9 cm³/mol. The van der Waals surface area contributed by atoms with E-state index in [0.29, 0.717) is 0 Å². The Kier molecular flexibility index (Phi) is 3.47. The summed E-state index contributed by atoms with van der Waals surface area (Å²) in [7, 11) is 0. The molecule has 2 fully saturated rings. The lowest BCUT2D eigenvalue weighted by Gasteiger charge is -2.26. The van der Waals surface area contributed by atoms with Gasteiger partial charge in [-0.1, -0.05) is 13.0 Å². The molecule has 2 heteroatoms. The minimum absolute atomic E-state index is 0.109. The van der Waals surface area contributed by atoms with Crippen molar-refractivity contribution in [2.45, 2.75) is 38.6 Å². The van der Waals surface area contributed by atoms with Gasteiger partial charge in [0.15, 0.2) is 0 Å². The van der Waals surface area contributed by atoms with E-state index in [-0.39, 0.29) is 5.41 Å². The molecular weight excluding hydrogens is 186 g/mol. The molecule has 0 aromatic heterocycles. The summed E-state index contributed by atoms with van der Waals surface area (Å²) in [6.07, 6.45) is 7.46. The first kappa shape index (κ1) is 11.2. The molecule has 0 radical (unpaired) electrons. The molecule has 0 aromatic rings. The van der Waals surface area contributed by atoms with Gasteiger partial charge in [0.2, 0.25) is 0 Å². The van der Waals surface area contributed by atoms with Crippen molar-refractivity contribution in [1.82, 2.24) is 5.32 Å². The van der Waals surface area contributed by atoms with E-state index in [9.17, 15) is 0 Å². The van der Waals surface area contributed by atoms with E-state index in [0.717, 1.165) is 31.7 Å². The fraction of sp³-hybridized carbons (Fsp3) is 0.846. The average molecular weight is 209 g/mol. The third-order valence-corrected chi connectivity index (χ3v) is 3.35. The first-order valence-corrected chi connectivity index (χ1v) is 6.16. The van der Waals surface area contributed by atoms with Crippen LogP contribution in [0.4, 0.5) is 0 Å². The normalized spacial score (nSPS) is 24.9. The van der Waals surface area contributed by atoms with Crippen molar-refractivity contribution in [3.8, 4) is 0 Å². The maximum Gasteiger partial charge on any atom is 0.0566 e. The average Bonchev–Trinajstić information content (AvgIpc) is 3.08. The smallest absolute Gasteiger partial charge is 0.0566 e. The fourth-order valence-corrected chi connectivity index (χ4v) is 1.59. The van der Waals surface area contributed by atoms with Gasteiger partial charge in [0.1, 0.15) is 0 Å². The van der Waals surface area contributed by atoms with E-state index in [1.807, 2.05) is 6.08 Å². The van der Waals surface area contributed by atoms with Gasteiger partial charge < -0.3 is 10.1 Å². The summed E-state index contributed by atoms with van der Waals surface area (Å²) >= 11 is 0. The van der Waals surface area contributed by atoms with Crippen molar-refractivity contribution in [2.75, 3.05) is 19.8 Å².